The molecular weight excluding hydrogens is 588 g/mol. The number of ether oxygens (including phenoxy) is 2. The Morgan fingerprint density at radius 1 is 0.913 bits per heavy atom. The molecule has 4 rings (SSSR count). The maximum atomic E-state index is 13.8. The highest BCUT2D eigenvalue weighted by atomic mass is 19.3. The zero-order chi connectivity index (χ0) is 33.0. The minimum Gasteiger partial charge on any atom is -0.462 e. The van der Waals surface area contributed by atoms with E-state index in [0.29, 0.717) is 38.4 Å². The van der Waals surface area contributed by atoms with Gasteiger partial charge in [0.25, 0.3) is 0 Å². The van der Waals surface area contributed by atoms with E-state index in [1.54, 1.807) is 24.3 Å². The molecule has 0 bridgehead atoms. The molecule has 7 nitrogen and oxygen atoms in total. The SMILES string of the molecule is CC(F)(F)C(C)(C)CCCOC(=O)c1cccc(NC(=O)N(CCC(c2ccccc2)c2ccccc2)CCN2CCOCC2)c1. The van der Waals surface area contributed by atoms with Crippen molar-refractivity contribution in [1.82, 2.24) is 9.80 Å². The molecule has 1 aliphatic heterocycles. The standard InChI is InChI=1S/C37H47F2N3O4/c1-36(2,37(3,38)39)19-11-25-46-34(43)31-16-10-17-32(28-31)40-35(44)42(22-21-41-23-26-45-27-24-41)20-18-33(29-12-6-4-7-13-29)30-14-8-5-9-15-30/h4-10,12-17,28,33H,11,18-27H2,1-3H3,(H,40,44). The van der Waals surface area contributed by atoms with Gasteiger partial charge in [-0.3, -0.25) is 4.90 Å². The number of halogens is 2. The molecule has 1 aliphatic rings. The number of nitrogens with zero attached hydrogens (tertiary/aromatic N) is 2. The molecule has 1 N–H and O–H groups in total. The topological polar surface area (TPSA) is 71.1 Å². The maximum absolute atomic E-state index is 13.8. The molecule has 0 saturated carbocycles. The van der Waals surface area contributed by atoms with E-state index < -0.39 is 17.3 Å². The van der Waals surface area contributed by atoms with Gasteiger partial charge in [-0.25, -0.2) is 18.4 Å². The fourth-order valence-corrected chi connectivity index (χ4v) is 5.49. The lowest BCUT2D eigenvalue weighted by atomic mass is 9.82. The number of anilines is 1. The lowest BCUT2D eigenvalue weighted by Crippen LogP contribution is -2.44. The van der Waals surface area contributed by atoms with E-state index in [4.69, 9.17) is 9.47 Å². The first-order chi connectivity index (χ1) is 22.0. The third-order valence-corrected chi connectivity index (χ3v) is 8.89. The predicted molar refractivity (Wildman–Crippen MR) is 178 cm³/mol. The summed E-state index contributed by atoms with van der Waals surface area (Å²) in [5.41, 5.74) is 1.96. The zero-order valence-electron chi connectivity index (χ0n) is 27.2. The van der Waals surface area contributed by atoms with Crippen molar-refractivity contribution >= 4 is 17.7 Å². The monoisotopic (exact) mass is 635 g/mol. The smallest absolute Gasteiger partial charge is 0.338 e. The van der Waals surface area contributed by atoms with Crippen molar-refractivity contribution in [2.75, 3.05) is 57.9 Å². The van der Waals surface area contributed by atoms with Gasteiger partial charge in [0.15, 0.2) is 0 Å². The van der Waals surface area contributed by atoms with Gasteiger partial charge >= 0.3 is 12.0 Å². The van der Waals surface area contributed by atoms with Crippen LogP contribution in [0.15, 0.2) is 84.9 Å². The van der Waals surface area contributed by atoms with Gasteiger partial charge in [-0.15, -0.1) is 0 Å². The van der Waals surface area contributed by atoms with E-state index >= 15 is 0 Å². The number of benzene rings is 3. The number of alkyl halides is 2. The number of rotatable bonds is 15. The van der Waals surface area contributed by atoms with Crippen LogP contribution in [0.25, 0.3) is 0 Å². The number of hydrogen-bond donors (Lipinski definition) is 1. The molecule has 3 aromatic carbocycles. The Morgan fingerprint density at radius 2 is 1.54 bits per heavy atom. The lowest BCUT2D eigenvalue weighted by molar-refractivity contribution is -0.0940. The van der Waals surface area contributed by atoms with Crippen LogP contribution in [-0.2, 0) is 9.47 Å². The predicted octanol–water partition coefficient (Wildman–Crippen LogP) is 7.69. The van der Waals surface area contributed by atoms with Crippen LogP contribution >= 0.6 is 0 Å². The van der Waals surface area contributed by atoms with Crippen LogP contribution in [0.4, 0.5) is 19.3 Å². The molecule has 2 amide bonds. The minimum absolute atomic E-state index is 0.0360. The van der Waals surface area contributed by atoms with Gasteiger partial charge in [0, 0.05) is 49.7 Å². The Bertz CT molecular complexity index is 1340. The fourth-order valence-electron chi connectivity index (χ4n) is 5.49. The second-order valence-electron chi connectivity index (χ2n) is 12.6. The third kappa shape index (κ3) is 10.4. The first-order valence-electron chi connectivity index (χ1n) is 16.1. The van der Waals surface area contributed by atoms with Crippen molar-refractivity contribution in [3.8, 4) is 0 Å². The summed E-state index contributed by atoms with van der Waals surface area (Å²) >= 11 is 0. The molecule has 0 aliphatic carbocycles. The highest BCUT2D eigenvalue weighted by Crippen LogP contribution is 2.39. The summed E-state index contributed by atoms with van der Waals surface area (Å²) in [6.07, 6.45) is 1.27. The number of nitrogens with one attached hydrogen (secondary N) is 1. The van der Waals surface area contributed by atoms with Crippen molar-refractivity contribution < 1.29 is 27.8 Å². The summed E-state index contributed by atoms with van der Waals surface area (Å²) in [6, 6.07) is 27.0. The minimum atomic E-state index is -2.83. The van der Waals surface area contributed by atoms with Gasteiger partial charge in [-0.1, -0.05) is 80.6 Å². The second-order valence-corrected chi connectivity index (χ2v) is 12.6. The number of morpholine rings is 1. The van der Waals surface area contributed by atoms with Crippen LogP contribution in [0.3, 0.4) is 0 Å². The first-order valence-corrected chi connectivity index (χ1v) is 16.1. The molecule has 248 valence electrons. The zero-order valence-corrected chi connectivity index (χ0v) is 27.2. The van der Waals surface area contributed by atoms with Gasteiger partial charge < -0.3 is 19.7 Å². The molecule has 0 atom stereocenters. The van der Waals surface area contributed by atoms with E-state index in [1.807, 2.05) is 41.3 Å². The molecule has 0 unspecified atom stereocenters. The van der Waals surface area contributed by atoms with Crippen LogP contribution in [-0.4, -0.2) is 80.3 Å². The van der Waals surface area contributed by atoms with E-state index in [0.717, 1.165) is 33.0 Å². The Labute approximate surface area is 271 Å². The van der Waals surface area contributed by atoms with E-state index in [-0.39, 0.29) is 30.5 Å². The lowest BCUT2D eigenvalue weighted by Gasteiger charge is -2.31. The Balaban J connectivity index is 1.41. The molecular formula is C37H47F2N3O4. The summed E-state index contributed by atoms with van der Waals surface area (Å²) < 4.78 is 38.5. The fraction of sp³-hybridized carbons (Fsp3) is 0.459. The Morgan fingerprint density at radius 3 is 2.15 bits per heavy atom. The summed E-state index contributed by atoms with van der Waals surface area (Å²) in [6.45, 7) is 8.78. The van der Waals surface area contributed by atoms with E-state index in [2.05, 4.69) is 34.5 Å². The number of hydrogen-bond acceptors (Lipinski definition) is 5. The van der Waals surface area contributed by atoms with Crippen LogP contribution in [0.1, 0.15) is 67.4 Å². The van der Waals surface area contributed by atoms with Crippen molar-refractivity contribution in [3.63, 3.8) is 0 Å². The Kier molecular flexibility index (Phi) is 12.7. The maximum Gasteiger partial charge on any atom is 0.338 e. The van der Waals surface area contributed by atoms with Crippen molar-refractivity contribution in [2.24, 2.45) is 5.41 Å². The van der Waals surface area contributed by atoms with Gasteiger partial charge in [0.2, 0.25) is 5.92 Å². The number of carbonyl (C=O) groups is 2. The van der Waals surface area contributed by atoms with Gasteiger partial charge in [0.05, 0.1) is 25.4 Å². The van der Waals surface area contributed by atoms with E-state index in [1.165, 1.54) is 25.0 Å². The summed E-state index contributed by atoms with van der Waals surface area (Å²) in [5, 5.41) is 2.98. The average Bonchev–Trinajstić information content (AvgIpc) is 3.05. The quantitative estimate of drug-likeness (QED) is 0.137. The van der Waals surface area contributed by atoms with E-state index in [9.17, 15) is 18.4 Å². The number of esters is 1. The molecule has 0 radical (unpaired) electrons. The van der Waals surface area contributed by atoms with Crippen LogP contribution < -0.4 is 5.32 Å². The molecule has 1 saturated heterocycles. The molecule has 0 aromatic heterocycles. The molecule has 1 fully saturated rings. The first kappa shape index (κ1) is 35.0. The molecule has 46 heavy (non-hydrogen) atoms. The molecule has 3 aromatic rings. The Hall–Kier alpha value is -3.82. The van der Waals surface area contributed by atoms with Gasteiger partial charge in [0.1, 0.15) is 0 Å². The third-order valence-electron chi connectivity index (χ3n) is 8.89. The van der Waals surface area contributed by atoms with Crippen molar-refractivity contribution in [3.05, 3.63) is 102 Å². The second kappa shape index (κ2) is 16.7. The highest BCUT2D eigenvalue weighted by Gasteiger charge is 2.41. The molecule has 1 heterocycles. The summed E-state index contributed by atoms with van der Waals surface area (Å²) in [4.78, 5) is 30.6. The molecule has 9 heteroatoms. The van der Waals surface area contributed by atoms with Crippen LogP contribution in [0.2, 0.25) is 0 Å². The number of amides is 2. The van der Waals surface area contributed by atoms with Gasteiger partial charge in [-0.05, 0) is 55.5 Å². The van der Waals surface area contributed by atoms with Crippen molar-refractivity contribution in [1.29, 1.82) is 0 Å². The van der Waals surface area contributed by atoms with Gasteiger partial charge in [-0.2, -0.15) is 0 Å². The largest absolute Gasteiger partial charge is 0.462 e. The van der Waals surface area contributed by atoms with Crippen LogP contribution in [0, 0.1) is 5.41 Å². The summed E-state index contributed by atoms with van der Waals surface area (Å²) in [7, 11) is 0. The normalized spacial score (nSPS) is 14.2. The number of carbonyl (C=O) groups excluding carboxylic acids is 2. The highest BCUT2D eigenvalue weighted by molar-refractivity contribution is 5.94. The van der Waals surface area contributed by atoms with Crippen molar-refractivity contribution in [2.45, 2.75) is 51.9 Å². The number of urea groups is 1. The molecule has 0 spiro atoms. The van der Waals surface area contributed by atoms with Crippen LogP contribution in [0.5, 0.6) is 0 Å². The average molecular weight is 636 g/mol. The summed E-state index contributed by atoms with van der Waals surface area (Å²) in [5.74, 6) is -3.27.